The van der Waals surface area contributed by atoms with Crippen LogP contribution in [0, 0.1) is 0 Å². The summed E-state index contributed by atoms with van der Waals surface area (Å²) >= 11 is 0. The predicted octanol–water partition coefficient (Wildman–Crippen LogP) is 2.06. The molecule has 0 heterocycles. The summed E-state index contributed by atoms with van der Waals surface area (Å²) in [6.45, 7) is 0. The molecule has 0 radical (unpaired) electrons. The van der Waals surface area contributed by atoms with Gasteiger partial charge in [0.1, 0.15) is 11.9 Å². The van der Waals surface area contributed by atoms with Crippen molar-refractivity contribution in [2.75, 3.05) is 20.4 Å². The number of phenols is 1. The molecule has 0 fully saturated rings. The third-order valence-electron chi connectivity index (χ3n) is 2.06. The van der Waals surface area contributed by atoms with E-state index in [0.717, 1.165) is 0 Å². The molecule has 0 saturated heterocycles. The van der Waals surface area contributed by atoms with Crippen molar-refractivity contribution >= 4 is 13.4 Å². The van der Waals surface area contributed by atoms with Crippen molar-refractivity contribution in [2.24, 2.45) is 0 Å². The van der Waals surface area contributed by atoms with Crippen molar-refractivity contribution < 1.29 is 23.5 Å². The van der Waals surface area contributed by atoms with Gasteiger partial charge in [0, 0.05) is 19.8 Å². The molecule has 6 heteroatoms. The Morgan fingerprint density at radius 1 is 1.38 bits per heavy atom. The second-order valence-electron chi connectivity index (χ2n) is 3.11. The maximum atomic E-state index is 11.7. The third-order valence-corrected chi connectivity index (χ3v) is 3.85. The maximum Gasteiger partial charge on any atom is 0.337 e. The van der Waals surface area contributed by atoms with Crippen LogP contribution in [0.1, 0.15) is 10.4 Å². The summed E-state index contributed by atoms with van der Waals surface area (Å²) in [5, 5.41) is 9.19. The molecule has 0 aliphatic rings. The van der Waals surface area contributed by atoms with Crippen LogP contribution < -0.4 is 0 Å². The fraction of sp³-hybridized carbons (Fsp3) is 0.300. The van der Waals surface area contributed by atoms with Crippen LogP contribution in [0.4, 0.5) is 0 Å². The smallest absolute Gasteiger partial charge is 0.337 e. The molecule has 1 rings (SSSR count). The van der Waals surface area contributed by atoms with Crippen LogP contribution in [0.3, 0.4) is 0 Å². The van der Waals surface area contributed by atoms with E-state index >= 15 is 0 Å². The van der Waals surface area contributed by atoms with Crippen molar-refractivity contribution in [2.45, 2.75) is 0 Å². The highest BCUT2D eigenvalue weighted by atomic mass is 31.2. The first-order valence-corrected chi connectivity index (χ1v) is 6.26. The molecule has 0 aromatic heterocycles. The molecule has 0 saturated carbocycles. The molecule has 0 aliphatic heterocycles. The summed E-state index contributed by atoms with van der Waals surface area (Å²) in [5.41, 5.74) is 0.273. The van der Waals surface area contributed by atoms with Gasteiger partial charge in [0.05, 0.1) is 0 Å². The quantitative estimate of drug-likeness (QED) is 0.634. The second-order valence-corrected chi connectivity index (χ2v) is 5.38. The van der Waals surface area contributed by atoms with Crippen LogP contribution >= 0.6 is 7.60 Å². The average Bonchev–Trinajstić information content (AvgIpc) is 2.29. The monoisotopic (exact) mass is 244 g/mol. The van der Waals surface area contributed by atoms with E-state index < -0.39 is 13.4 Å². The number of phenolic OH excluding ortho intramolecular Hbond substituents is 1. The number of carbonyl (C=O) groups excluding carboxylic acids is 1. The highest BCUT2D eigenvalue weighted by Gasteiger charge is 2.26. The van der Waals surface area contributed by atoms with Gasteiger partial charge in [-0.25, -0.2) is 0 Å². The van der Waals surface area contributed by atoms with Crippen LogP contribution in [0.15, 0.2) is 24.3 Å². The molecule has 0 atom stereocenters. The van der Waals surface area contributed by atoms with Crippen molar-refractivity contribution in [1.29, 1.82) is 0 Å². The number of hydrogen-bond acceptors (Lipinski definition) is 5. The van der Waals surface area contributed by atoms with Gasteiger partial charge < -0.3 is 14.2 Å². The number of carbonyl (C=O) groups is 1. The van der Waals surface area contributed by atoms with E-state index in [2.05, 4.69) is 9.05 Å². The summed E-state index contributed by atoms with van der Waals surface area (Å²) in [6.07, 6.45) is -0.344. The third kappa shape index (κ3) is 3.17. The maximum absolute atomic E-state index is 11.7. The molecule has 5 nitrogen and oxygen atoms in total. The normalized spacial score (nSPS) is 11.4. The first kappa shape index (κ1) is 12.9. The van der Waals surface area contributed by atoms with Crippen LogP contribution in [0.2, 0.25) is 0 Å². The second kappa shape index (κ2) is 5.25. The number of aromatic hydroxyl groups is 1. The highest BCUT2D eigenvalue weighted by Crippen LogP contribution is 2.46. The number of ketones is 1. The molecular weight excluding hydrogens is 231 g/mol. The lowest BCUT2D eigenvalue weighted by atomic mass is 10.1. The number of benzene rings is 1. The molecule has 0 unspecified atom stereocenters. The zero-order chi connectivity index (χ0) is 12.2. The highest BCUT2D eigenvalue weighted by molar-refractivity contribution is 7.54. The van der Waals surface area contributed by atoms with Crippen molar-refractivity contribution in [3.8, 4) is 5.75 Å². The van der Waals surface area contributed by atoms with Gasteiger partial charge in [0.15, 0.2) is 5.78 Å². The summed E-state index contributed by atoms with van der Waals surface area (Å²) in [6, 6.07) is 5.81. The summed E-state index contributed by atoms with van der Waals surface area (Å²) < 4.78 is 21.0. The van der Waals surface area contributed by atoms with Crippen LogP contribution in [-0.4, -0.2) is 31.3 Å². The van der Waals surface area contributed by atoms with Gasteiger partial charge in [-0.1, -0.05) is 12.1 Å². The Bertz CT molecular complexity index is 421. The van der Waals surface area contributed by atoms with E-state index in [1.165, 1.54) is 38.5 Å². The van der Waals surface area contributed by atoms with Crippen molar-refractivity contribution in [3.63, 3.8) is 0 Å². The molecule has 0 amide bonds. The lowest BCUT2D eigenvalue weighted by Gasteiger charge is -2.12. The van der Waals surface area contributed by atoms with Crippen LogP contribution in [0.5, 0.6) is 5.75 Å². The van der Waals surface area contributed by atoms with E-state index in [9.17, 15) is 14.5 Å². The predicted molar refractivity (Wildman–Crippen MR) is 58.9 cm³/mol. The first-order chi connectivity index (χ1) is 7.50. The lowest BCUT2D eigenvalue weighted by molar-refractivity contribution is 0.101. The van der Waals surface area contributed by atoms with Gasteiger partial charge in [-0.2, -0.15) is 0 Å². The minimum Gasteiger partial charge on any atom is -0.508 e. The van der Waals surface area contributed by atoms with Gasteiger partial charge in [-0.05, 0) is 12.1 Å². The molecule has 1 aromatic rings. The minimum absolute atomic E-state index is 0.0180. The Balaban J connectivity index is 2.84. The molecule has 1 N–H and O–H groups in total. The topological polar surface area (TPSA) is 72.8 Å². The Hall–Kier alpha value is -1.16. The van der Waals surface area contributed by atoms with Gasteiger partial charge in [0.2, 0.25) is 0 Å². The molecule has 0 bridgehead atoms. The molecule has 0 spiro atoms. The molecule has 16 heavy (non-hydrogen) atoms. The first-order valence-electron chi connectivity index (χ1n) is 4.53. The van der Waals surface area contributed by atoms with E-state index in [1.807, 2.05) is 0 Å². The van der Waals surface area contributed by atoms with Gasteiger partial charge in [-0.3, -0.25) is 9.36 Å². The largest absolute Gasteiger partial charge is 0.508 e. The summed E-state index contributed by atoms with van der Waals surface area (Å²) in [7, 11) is -0.905. The van der Waals surface area contributed by atoms with Gasteiger partial charge in [-0.15, -0.1) is 0 Å². The minimum atomic E-state index is -3.35. The fourth-order valence-electron chi connectivity index (χ4n) is 1.15. The van der Waals surface area contributed by atoms with Crippen LogP contribution in [-0.2, 0) is 13.6 Å². The van der Waals surface area contributed by atoms with E-state index in [1.54, 1.807) is 0 Å². The Morgan fingerprint density at radius 2 is 2.00 bits per heavy atom. The number of hydrogen-bond donors (Lipinski definition) is 1. The van der Waals surface area contributed by atoms with E-state index in [4.69, 9.17) is 0 Å². The van der Waals surface area contributed by atoms with E-state index in [0.29, 0.717) is 0 Å². The standard InChI is InChI=1S/C10H13O5P/c1-14-16(13,15-2)7-10(12)8-4-3-5-9(11)6-8/h3-6,11H,7H2,1-2H3. The molecular formula is C10H13O5P. The van der Waals surface area contributed by atoms with Gasteiger partial charge >= 0.3 is 7.60 Å². The fourth-order valence-corrected chi connectivity index (χ4v) is 2.09. The van der Waals surface area contributed by atoms with E-state index in [-0.39, 0.29) is 17.5 Å². The summed E-state index contributed by atoms with van der Waals surface area (Å²) in [5.74, 6) is -0.418. The summed E-state index contributed by atoms with van der Waals surface area (Å²) in [4.78, 5) is 11.7. The Kier molecular flexibility index (Phi) is 4.24. The van der Waals surface area contributed by atoms with Gasteiger partial charge in [0.25, 0.3) is 0 Å². The van der Waals surface area contributed by atoms with Crippen molar-refractivity contribution in [3.05, 3.63) is 29.8 Å². The number of rotatable bonds is 5. The molecule has 88 valence electrons. The molecule has 0 aliphatic carbocycles. The molecule has 1 aromatic carbocycles. The Morgan fingerprint density at radius 3 is 2.50 bits per heavy atom. The SMILES string of the molecule is COP(=O)(CC(=O)c1cccc(O)c1)OC. The van der Waals surface area contributed by atoms with Crippen LogP contribution in [0.25, 0.3) is 0 Å². The lowest BCUT2D eigenvalue weighted by Crippen LogP contribution is -2.08. The number of Topliss-reactive ketones (excluding diaryl/α,β-unsaturated/α-hetero) is 1. The average molecular weight is 244 g/mol. The van der Waals surface area contributed by atoms with Crippen molar-refractivity contribution in [1.82, 2.24) is 0 Å². The zero-order valence-corrected chi connectivity index (χ0v) is 9.94. The Labute approximate surface area is 93.5 Å². The zero-order valence-electron chi connectivity index (χ0n) is 9.04.